The fourth-order valence-electron chi connectivity index (χ4n) is 4.69. The first-order valence-electron chi connectivity index (χ1n) is 12.7. The van der Waals surface area contributed by atoms with Crippen molar-refractivity contribution in [2.24, 2.45) is 0 Å². The van der Waals surface area contributed by atoms with Crippen LogP contribution in [0.15, 0.2) is 76.5 Å². The zero-order chi connectivity index (χ0) is 26.3. The van der Waals surface area contributed by atoms with Crippen LogP contribution in [0.5, 0.6) is 0 Å². The average Bonchev–Trinajstić information content (AvgIpc) is 2.93. The predicted octanol–water partition coefficient (Wildman–Crippen LogP) is 5.44. The number of carbonyl (C=O) groups excluding carboxylic acids is 2. The van der Waals surface area contributed by atoms with Gasteiger partial charge in [0.1, 0.15) is 4.75 Å². The Hall–Kier alpha value is -2.68. The molecule has 1 amide bonds. The van der Waals surface area contributed by atoms with Gasteiger partial charge in [-0.3, -0.25) is 9.59 Å². The average molecular weight is 540 g/mol. The van der Waals surface area contributed by atoms with Crippen molar-refractivity contribution in [3.8, 4) is 0 Å². The van der Waals surface area contributed by atoms with Crippen LogP contribution in [0, 0.1) is 0 Å². The van der Waals surface area contributed by atoms with Crippen LogP contribution < -0.4 is 5.32 Å². The number of hydrogen-bond acceptors (Lipinski definition) is 6. The first-order valence-corrected chi connectivity index (χ1v) is 15.2. The van der Waals surface area contributed by atoms with E-state index >= 15 is 0 Å². The smallest absolute Gasteiger partial charge is 0.251 e. The molecular weight excluding hydrogens is 506 g/mol. The van der Waals surface area contributed by atoms with Gasteiger partial charge in [0.2, 0.25) is 0 Å². The van der Waals surface area contributed by atoms with Gasteiger partial charge in [-0.25, -0.2) is 8.42 Å². The van der Waals surface area contributed by atoms with E-state index in [0.29, 0.717) is 18.5 Å². The Labute approximate surface area is 223 Å². The largest absolute Gasteiger partial charge is 0.381 e. The number of hydrogen-bond donors (Lipinski definition) is 1. The molecule has 1 aliphatic rings. The monoisotopic (exact) mass is 539 g/mol. The van der Waals surface area contributed by atoms with Crippen molar-refractivity contribution in [2.45, 2.75) is 53.6 Å². The maximum Gasteiger partial charge on any atom is 0.251 e. The SMILES string of the molecule is CCCC(=O)C1(S(=O)(=O)c2ccc(SCCCNC(=O)c3ccc4ccccc4c3)cc2)CCOCC1. The number of benzene rings is 3. The molecule has 1 fully saturated rings. The van der Waals surface area contributed by atoms with Crippen LogP contribution in [0.4, 0.5) is 0 Å². The maximum atomic E-state index is 13.6. The molecule has 1 aliphatic heterocycles. The molecule has 1 saturated heterocycles. The van der Waals surface area contributed by atoms with E-state index in [0.717, 1.165) is 27.8 Å². The van der Waals surface area contributed by atoms with E-state index in [2.05, 4.69) is 5.32 Å². The Morgan fingerprint density at radius 1 is 0.973 bits per heavy atom. The molecule has 196 valence electrons. The number of carbonyl (C=O) groups is 2. The summed E-state index contributed by atoms with van der Waals surface area (Å²) in [7, 11) is -3.83. The van der Waals surface area contributed by atoms with E-state index in [1.165, 1.54) is 0 Å². The van der Waals surface area contributed by atoms with Crippen LogP contribution >= 0.6 is 11.8 Å². The summed E-state index contributed by atoms with van der Waals surface area (Å²) in [6.07, 6.45) is 2.06. The second kappa shape index (κ2) is 12.2. The minimum atomic E-state index is -3.83. The number of sulfone groups is 1. The molecule has 37 heavy (non-hydrogen) atoms. The van der Waals surface area contributed by atoms with Crippen molar-refractivity contribution in [3.05, 3.63) is 72.3 Å². The van der Waals surface area contributed by atoms with Crippen molar-refractivity contribution < 1.29 is 22.7 Å². The first kappa shape index (κ1) is 27.4. The van der Waals surface area contributed by atoms with Crippen LogP contribution in [-0.2, 0) is 19.4 Å². The zero-order valence-electron chi connectivity index (χ0n) is 21.1. The molecule has 0 aromatic heterocycles. The molecule has 0 atom stereocenters. The van der Waals surface area contributed by atoms with E-state index in [1.807, 2.05) is 49.4 Å². The van der Waals surface area contributed by atoms with E-state index in [9.17, 15) is 18.0 Å². The zero-order valence-corrected chi connectivity index (χ0v) is 22.7. The summed E-state index contributed by atoms with van der Waals surface area (Å²) in [4.78, 5) is 26.6. The Morgan fingerprint density at radius 2 is 1.68 bits per heavy atom. The van der Waals surface area contributed by atoms with Gasteiger partial charge < -0.3 is 10.1 Å². The lowest BCUT2D eigenvalue weighted by molar-refractivity contribution is -0.124. The fourth-order valence-corrected chi connectivity index (χ4v) is 7.60. The van der Waals surface area contributed by atoms with Crippen molar-refractivity contribution in [1.82, 2.24) is 5.32 Å². The van der Waals surface area contributed by atoms with Gasteiger partial charge in [0, 0.05) is 36.6 Å². The summed E-state index contributed by atoms with van der Waals surface area (Å²) in [6, 6.07) is 20.4. The molecule has 3 aromatic rings. The predicted molar refractivity (Wildman–Crippen MR) is 148 cm³/mol. The van der Waals surface area contributed by atoms with Crippen molar-refractivity contribution in [2.75, 3.05) is 25.5 Å². The second-order valence-corrected chi connectivity index (χ2v) is 12.7. The van der Waals surface area contributed by atoms with E-state index < -0.39 is 14.6 Å². The third kappa shape index (κ3) is 6.08. The summed E-state index contributed by atoms with van der Waals surface area (Å²) in [5, 5.41) is 5.10. The summed E-state index contributed by atoms with van der Waals surface area (Å²) >= 11 is 1.61. The molecule has 0 spiro atoms. The van der Waals surface area contributed by atoms with Gasteiger partial charge in [-0.1, -0.05) is 37.3 Å². The highest BCUT2D eigenvalue weighted by Crippen LogP contribution is 2.37. The minimum absolute atomic E-state index is 0.0926. The van der Waals surface area contributed by atoms with Crippen molar-refractivity contribution in [1.29, 1.82) is 0 Å². The lowest BCUT2D eigenvalue weighted by atomic mass is 9.91. The topological polar surface area (TPSA) is 89.5 Å². The molecule has 4 rings (SSSR count). The summed E-state index contributed by atoms with van der Waals surface area (Å²) < 4.78 is 31.1. The first-order chi connectivity index (χ1) is 17.9. The molecule has 6 nitrogen and oxygen atoms in total. The van der Waals surface area contributed by atoms with Crippen LogP contribution in [0.2, 0.25) is 0 Å². The standard InChI is InChI=1S/C29H33NO5S2/c1-2-6-27(31)29(15-18-35-19-16-29)37(33,34)26-13-11-25(12-14-26)36-20-5-17-30-28(32)24-10-9-22-7-3-4-8-23(22)21-24/h3-4,7-14,21H,2,5-6,15-20H2,1H3,(H,30,32). The summed E-state index contributed by atoms with van der Waals surface area (Å²) in [5.74, 6) is 0.479. The van der Waals surface area contributed by atoms with Gasteiger partial charge >= 0.3 is 0 Å². The number of thioether (sulfide) groups is 1. The fraction of sp³-hybridized carbons (Fsp3) is 0.379. The Kier molecular flexibility index (Phi) is 9.05. The number of ether oxygens (including phenoxy) is 1. The number of amides is 1. The highest BCUT2D eigenvalue weighted by Gasteiger charge is 2.51. The molecule has 0 radical (unpaired) electrons. The number of Topliss-reactive ketones (excluding diaryl/α,β-unsaturated/α-hetero) is 1. The number of fused-ring (bicyclic) bond motifs is 1. The minimum Gasteiger partial charge on any atom is -0.381 e. The van der Waals surface area contributed by atoms with Crippen LogP contribution in [0.3, 0.4) is 0 Å². The van der Waals surface area contributed by atoms with Gasteiger partial charge in [-0.15, -0.1) is 11.8 Å². The van der Waals surface area contributed by atoms with Crippen LogP contribution in [-0.4, -0.2) is 50.4 Å². The molecule has 1 N–H and O–H groups in total. The quantitative estimate of drug-likeness (QED) is 0.258. The Morgan fingerprint density at radius 3 is 2.38 bits per heavy atom. The van der Waals surface area contributed by atoms with Crippen LogP contribution in [0.1, 0.15) is 49.4 Å². The number of ketones is 1. The maximum absolute atomic E-state index is 13.6. The van der Waals surface area contributed by atoms with Gasteiger partial charge in [-0.05, 0) is 78.6 Å². The normalized spacial score (nSPS) is 15.4. The Balaban J connectivity index is 1.30. The molecule has 1 heterocycles. The molecule has 0 unspecified atom stereocenters. The highest BCUT2D eigenvalue weighted by molar-refractivity contribution is 7.99. The highest BCUT2D eigenvalue weighted by atomic mass is 32.2. The van der Waals surface area contributed by atoms with Gasteiger partial charge in [0.15, 0.2) is 15.6 Å². The van der Waals surface area contributed by atoms with Gasteiger partial charge in [0.25, 0.3) is 5.91 Å². The molecule has 3 aromatic carbocycles. The lowest BCUT2D eigenvalue weighted by Crippen LogP contribution is -2.50. The van der Waals surface area contributed by atoms with Crippen molar-refractivity contribution in [3.63, 3.8) is 0 Å². The summed E-state index contributed by atoms with van der Waals surface area (Å²) in [5.41, 5.74) is 0.642. The molecule has 0 aliphatic carbocycles. The lowest BCUT2D eigenvalue weighted by Gasteiger charge is -2.35. The van der Waals surface area contributed by atoms with Crippen molar-refractivity contribution >= 4 is 44.1 Å². The third-order valence-electron chi connectivity index (χ3n) is 6.82. The van der Waals surface area contributed by atoms with Gasteiger partial charge in [-0.2, -0.15) is 0 Å². The molecule has 0 bridgehead atoms. The Bertz CT molecular complexity index is 1350. The van der Waals surface area contributed by atoms with Crippen LogP contribution in [0.25, 0.3) is 10.8 Å². The number of rotatable bonds is 11. The number of nitrogens with one attached hydrogen (secondary N) is 1. The second-order valence-electron chi connectivity index (χ2n) is 9.27. The van der Waals surface area contributed by atoms with E-state index in [4.69, 9.17) is 4.74 Å². The van der Waals surface area contributed by atoms with E-state index in [-0.39, 0.29) is 49.1 Å². The van der Waals surface area contributed by atoms with Gasteiger partial charge in [0.05, 0.1) is 4.90 Å². The molecule has 0 saturated carbocycles. The molecular formula is C29H33NO5S2. The van der Waals surface area contributed by atoms with E-state index in [1.54, 1.807) is 36.0 Å². The third-order valence-corrected chi connectivity index (χ3v) is 10.5. The summed E-state index contributed by atoms with van der Waals surface area (Å²) in [6.45, 7) is 2.99. The molecule has 8 heteroatoms.